The summed E-state index contributed by atoms with van der Waals surface area (Å²) in [5, 5.41) is 14.9. The molecule has 31 heavy (non-hydrogen) atoms. The van der Waals surface area contributed by atoms with Gasteiger partial charge in [-0.3, -0.25) is 9.59 Å². The maximum Gasteiger partial charge on any atom is 0.336 e. The Morgan fingerprint density at radius 1 is 0.871 bits per heavy atom. The van der Waals surface area contributed by atoms with Crippen molar-refractivity contribution in [2.75, 3.05) is 16.4 Å². The van der Waals surface area contributed by atoms with E-state index in [2.05, 4.69) is 10.6 Å². The van der Waals surface area contributed by atoms with Crippen LogP contribution in [0.15, 0.2) is 71.6 Å². The minimum atomic E-state index is -1.16. The fraction of sp³-hybridized carbons (Fsp3) is 0.125. The molecule has 0 bridgehead atoms. The van der Waals surface area contributed by atoms with Gasteiger partial charge in [-0.15, -0.1) is 11.8 Å². The van der Waals surface area contributed by atoms with Crippen molar-refractivity contribution in [1.82, 2.24) is 0 Å². The van der Waals surface area contributed by atoms with Crippen molar-refractivity contribution in [3.8, 4) is 0 Å². The van der Waals surface area contributed by atoms with Gasteiger partial charge >= 0.3 is 5.97 Å². The lowest BCUT2D eigenvalue weighted by Gasteiger charge is -2.10. The van der Waals surface area contributed by atoms with Crippen LogP contribution in [0.3, 0.4) is 0 Å². The summed E-state index contributed by atoms with van der Waals surface area (Å²) in [7, 11) is 0. The van der Waals surface area contributed by atoms with Crippen molar-refractivity contribution in [1.29, 1.82) is 0 Å². The molecule has 0 unspecified atom stereocenters. The van der Waals surface area contributed by atoms with Crippen LogP contribution in [0, 0.1) is 13.8 Å². The third-order valence-electron chi connectivity index (χ3n) is 4.55. The topological polar surface area (TPSA) is 95.5 Å². The van der Waals surface area contributed by atoms with E-state index in [0.717, 1.165) is 21.7 Å². The van der Waals surface area contributed by atoms with Crippen LogP contribution in [-0.4, -0.2) is 28.6 Å². The molecule has 0 aromatic heterocycles. The molecule has 3 aromatic carbocycles. The molecule has 0 radical (unpaired) electrons. The largest absolute Gasteiger partial charge is 0.478 e. The number of carboxylic acids is 1. The molecule has 0 saturated heterocycles. The zero-order valence-corrected chi connectivity index (χ0v) is 18.0. The molecule has 7 heteroatoms. The molecule has 6 nitrogen and oxygen atoms in total. The molecule has 0 atom stereocenters. The zero-order chi connectivity index (χ0) is 22.4. The number of amides is 2. The summed E-state index contributed by atoms with van der Waals surface area (Å²) in [5.41, 5.74) is 3.48. The average Bonchev–Trinajstić information content (AvgIpc) is 2.75. The molecule has 0 saturated carbocycles. The first-order chi connectivity index (χ1) is 14.8. The summed E-state index contributed by atoms with van der Waals surface area (Å²) in [4.78, 5) is 36.9. The molecule has 0 aliphatic heterocycles. The van der Waals surface area contributed by atoms with Crippen molar-refractivity contribution in [2.24, 2.45) is 0 Å². The SMILES string of the molecule is Cc1ccc(C)c(NC(=O)CSc2ccc(NC(=O)c3ccccc3C(=O)O)cc2)c1. The second-order valence-corrected chi connectivity index (χ2v) is 8.03. The molecular formula is C24H22N2O4S. The molecule has 3 aromatic rings. The van der Waals surface area contributed by atoms with Gasteiger partial charge < -0.3 is 15.7 Å². The van der Waals surface area contributed by atoms with Crippen LogP contribution in [0.4, 0.5) is 11.4 Å². The Labute approximate surface area is 184 Å². The molecule has 2 amide bonds. The summed E-state index contributed by atoms with van der Waals surface area (Å²) in [6.45, 7) is 3.93. The van der Waals surface area contributed by atoms with E-state index in [9.17, 15) is 19.5 Å². The van der Waals surface area contributed by atoms with Crippen LogP contribution in [-0.2, 0) is 4.79 Å². The molecule has 158 valence electrons. The van der Waals surface area contributed by atoms with Gasteiger partial charge in [-0.25, -0.2) is 4.79 Å². The van der Waals surface area contributed by atoms with Crippen LogP contribution in [0.25, 0.3) is 0 Å². The molecule has 0 spiro atoms. The lowest BCUT2D eigenvalue weighted by Crippen LogP contribution is -2.16. The van der Waals surface area contributed by atoms with E-state index in [-0.39, 0.29) is 22.8 Å². The first-order valence-electron chi connectivity index (χ1n) is 9.57. The quantitative estimate of drug-likeness (QED) is 0.456. The summed E-state index contributed by atoms with van der Waals surface area (Å²) >= 11 is 1.39. The van der Waals surface area contributed by atoms with E-state index in [1.807, 2.05) is 32.0 Å². The van der Waals surface area contributed by atoms with E-state index in [1.54, 1.807) is 36.4 Å². The summed E-state index contributed by atoms with van der Waals surface area (Å²) in [6.07, 6.45) is 0. The molecule has 0 fully saturated rings. The highest BCUT2D eigenvalue weighted by atomic mass is 32.2. The number of aryl methyl sites for hydroxylation is 2. The van der Waals surface area contributed by atoms with Crippen LogP contribution >= 0.6 is 11.8 Å². The maximum atomic E-state index is 12.4. The lowest BCUT2D eigenvalue weighted by molar-refractivity contribution is -0.113. The van der Waals surface area contributed by atoms with Gasteiger partial charge in [0.25, 0.3) is 5.91 Å². The number of thioether (sulfide) groups is 1. The fourth-order valence-corrected chi connectivity index (χ4v) is 3.60. The van der Waals surface area contributed by atoms with E-state index in [1.165, 1.54) is 23.9 Å². The van der Waals surface area contributed by atoms with Gasteiger partial charge in [0.15, 0.2) is 0 Å². The Balaban J connectivity index is 1.57. The summed E-state index contributed by atoms with van der Waals surface area (Å²) in [6, 6.07) is 19.0. The number of nitrogens with one attached hydrogen (secondary N) is 2. The molecule has 3 rings (SSSR count). The fourth-order valence-electron chi connectivity index (χ4n) is 2.91. The lowest BCUT2D eigenvalue weighted by atomic mass is 10.1. The Bertz CT molecular complexity index is 1130. The van der Waals surface area contributed by atoms with Crippen molar-refractivity contribution in [2.45, 2.75) is 18.7 Å². The molecule has 3 N–H and O–H groups in total. The summed E-state index contributed by atoms with van der Waals surface area (Å²) < 4.78 is 0. The molecule has 0 aliphatic rings. The number of carboxylic acid groups (broad SMARTS) is 1. The van der Waals surface area contributed by atoms with Crippen LogP contribution < -0.4 is 10.6 Å². The van der Waals surface area contributed by atoms with E-state index < -0.39 is 11.9 Å². The number of rotatable bonds is 7. The highest BCUT2D eigenvalue weighted by Crippen LogP contribution is 2.22. The van der Waals surface area contributed by atoms with E-state index >= 15 is 0 Å². The van der Waals surface area contributed by atoms with Gasteiger partial charge in [0, 0.05) is 16.3 Å². The van der Waals surface area contributed by atoms with Gasteiger partial charge in [-0.05, 0) is 67.4 Å². The number of carbonyl (C=O) groups is 3. The molecule has 0 heterocycles. The van der Waals surface area contributed by atoms with Gasteiger partial charge in [0.1, 0.15) is 0 Å². The Morgan fingerprint density at radius 3 is 2.23 bits per heavy atom. The normalized spacial score (nSPS) is 10.4. The number of anilines is 2. The van der Waals surface area contributed by atoms with E-state index in [0.29, 0.717) is 5.69 Å². The first-order valence-corrected chi connectivity index (χ1v) is 10.6. The predicted octanol–water partition coefficient (Wildman–Crippen LogP) is 4.98. The first kappa shape index (κ1) is 22.1. The maximum absolute atomic E-state index is 12.4. The predicted molar refractivity (Wildman–Crippen MR) is 123 cm³/mol. The minimum absolute atomic E-state index is 0.0537. The average molecular weight is 435 g/mol. The Morgan fingerprint density at radius 2 is 1.55 bits per heavy atom. The third kappa shape index (κ3) is 5.96. The standard InChI is InChI=1S/C24H22N2O4S/c1-15-7-8-16(2)21(13-15)26-22(27)14-31-18-11-9-17(10-12-18)25-23(28)19-5-3-4-6-20(19)24(29)30/h3-13H,14H2,1-2H3,(H,25,28)(H,26,27)(H,29,30). The number of carbonyl (C=O) groups excluding carboxylic acids is 2. The smallest absolute Gasteiger partial charge is 0.336 e. The van der Waals surface area contributed by atoms with Crippen molar-refractivity contribution in [3.63, 3.8) is 0 Å². The van der Waals surface area contributed by atoms with Gasteiger partial charge in [-0.1, -0.05) is 24.3 Å². The zero-order valence-electron chi connectivity index (χ0n) is 17.1. The van der Waals surface area contributed by atoms with Crippen LogP contribution in [0.2, 0.25) is 0 Å². The van der Waals surface area contributed by atoms with Crippen molar-refractivity contribution < 1.29 is 19.5 Å². The van der Waals surface area contributed by atoms with Crippen LogP contribution in [0.1, 0.15) is 31.8 Å². The molecule has 0 aliphatic carbocycles. The number of hydrogen-bond donors (Lipinski definition) is 3. The summed E-state index contributed by atoms with van der Waals surface area (Å²) in [5.74, 6) is -1.49. The number of aromatic carboxylic acids is 1. The van der Waals surface area contributed by atoms with E-state index in [4.69, 9.17) is 0 Å². The van der Waals surface area contributed by atoms with Crippen LogP contribution in [0.5, 0.6) is 0 Å². The highest BCUT2D eigenvalue weighted by Gasteiger charge is 2.15. The Hall–Kier alpha value is -3.58. The highest BCUT2D eigenvalue weighted by molar-refractivity contribution is 8.00. The minimum Gasteiger partial charge on any atom is -0.478 e. The van der Waals surface area contributed by atoms with Crippen molar-refractivity contribution >= 4 is 40.9 Å². The Kier molecular flexibility index (Phi) is 7.10. The van der Waals surface area contributed by atoms with Gasteiger partial charge in [0.2, 0.25) is 5.91 Å². The second-order valence-electron chi connectivity index (χ2n) is 6.98. The number of hydrogen-bond acceptors (Lipinski definition) is 4. The van der Waals surface area contributed by atoms with Gasteiger partial charge in [0.05, 0.1) is 16.9 Å². The van der Waals surface area contributed by atoms with Gasteiger partial charge in [-0.2, -0.15) is 0 Å². The third-order valence-corrected chi connectivity index (χ3v) is 5.56. The van der Waals surface area contributed by atoms with Crippen molar-refractivity contribution in [3.05, 3.63) is 89.0 Å². The number of benzene rings is 3. The monoisotopic (exact) mass is 434 g/mol. The molecular weight excluding hydrogens is 412 g/mol. The second kappa shape index (κ2) is 9.95.